The van der Waals surface area contributed by atoms with Gasteiger partial charge in [0.2, 0.25) is 0 Å². The molecule has 1 aromatic carbocycles. The molecule has 1 radical (unpaired) electrons. The molecule has 0 amide bonds. The second-order valence-corrected chi connectivity index (χ2v) is 8.68. The number of aromatic nitrogens is 1. The first-order chi connectivity index (χ1) is 21.3. The Kier molecular flexibility index (Phi) is 31.5. The molecular formula is C30H33N5O9Re-4. The number of rotatable bonds is 18. The van der Waals surface area contributed by atoms with E-state index in [1.165, 1.54) is 0 Å². The first kappa shape index (κ1) is 45.3. The van der Waals surface area contributed by atoms with E-state index >= 15 is 0 Å². The zero-order valence-electron chi connectivity index (χ0n) is 24.4. The van der Waals surface area contributed by atoms with E-state index in [2.05, 4.69) is 34.9 Å². The summed E-state index contributed by atoms with van der Waals surface area (Å²) in [4.78, 5) is 24.8. The maximum absolute atomic E-state index is 12.5. The van der Waals surface area contributed by atoms with Gasteiger partial charge >= 0.3 is 33.9 Å². The van der Waals surface area contributed by atoms with Crippen molar-refractivity contribution in [1.82, 2.24) is 9.88 Å². The van der Waals surface area contributed by atoms with Crippen molar-refractivity contribution in [3.05, 3.63) is 85.9 Å². The molecule has 0 saturated carbocycles. The Labute approximate surface area is 276 Å². The number of carbonyl (C=O) groups excluding carboxylic acids is 1. The zero-order valence-corrected chi connectivity index (χ0v) is 27.1. The van der Waals surface area contributed by atoms with Crippen molar-refractivity contribution in [2.45, 2.75) is 57.7 Å². The topological polar surface area (TPSA) is 243 Å². The molecule has 1 unspecified atom stereocenters. The van der Waals surface area contributed by atoms with Crippen molar-refractivity contribution in [2.75, 3.05) is 19.6 Å². The van der Waals surface area contributed by atoms with Crippen LogP contribution in [0.3, 0.4) is 0 Å². The molecule has 0 aliphatic carbocycles. The standard InChI is InChI=1S/C27H37N5O6.3CO.Re/c28-24(33)14-13-23(31-27(37)38-20-21-10-4-3-5-11-21)26(36)30-16-7-1-2-9-17-32(19-25(34)35)18-22-12-6-8-15-29-22;3*1-2;/h3-6,8,10-12,15,23H,1-2,7,9,13-14,16-20H2,(H2,28,33)(H,30,36)(H,31,37)(H,34,35);;;;/p-4/i;;;;1+0. The van der Waals surface area contributed by atoms with Gasteiger partial charge in [0.25, 0.3) is 0 Å². The number of carbonyl (C=O) groups is 1. The van der Waals surface area contributed by atoms with Gasteiger partial charge in [0.15, 0.2) is 0 Å². The van der Waals surface area contributed by atoms with Gasteiger partial charge in [0.05, 0.1) is 17.7 Å². The molecule has 2 aromatic rings. The summed E-state index contributed by atoms with van der Waals surface area (Å²) in [5.74, 6) is -2.63. The summed E-state index contributed by atoms with van der Waals surface area (Å²) in [6.07, 6.45) is 3.38. The number of nitrogens with one attached hydrogen (secondary N) is 1. The van der Waals surface area contributed by atoms with Gasteiger partial charge in [-0.15, -0.1) is 0 Å². The fourth-order valence-corrected chi connectivity index (χ4v) is 3.61. The number of unbranched alkanes of at least 4 members (excludes halogenated alkanes) is 3. The Bertz CT molecular complexity index is 1160. The van der Waals surface area contributed by atoms with Gasteiger partial charge in [0, 0.05) is 52.9 Å². The monoisotopic (exact) mass is 793 g/mol. The van der Waals surface area contributed by atoms with Gasteiger partial charge < -0.3 is 40.4 Å². The summed E-state index contributed by atoms with van der Waals surface area (Å²) in [7, 11) is 0. The molecule has 0 spiro atoms. The number of benzene rings is 1. The third kappa shape index (κ3) is 25.0. The van der Waals surface area contributed by atoms with Crippen molar-refractivity contribution in [3.63, 3.8) is 0 Å². The molecule has 243 valence electrons. The van der Waals surface area contributed by atoms with Gasteiger partial charge in [-0.05, 0) is 61.7 Å². The fraction of sp³-hybridized carbons (Fsp3) is 0.400. The van der Waals surface area contributed by atoms with E-state index in [0.29, 0.717) is 19.5 Å². The number of hydrogen-bond acceptors (Lipinski definition) is 11. The van der Waals surface area contributed by atoms with E-state index in [4.69, 9.17) is 24.1 Å². The molecule has 1 atom stereocenters. The average molecular weight is 794 g/mol. The molecule has 0 bridgehead atoms. The first-order valence-corrected chi connectivity index (χ1v) is 13.1. The van der Waals surface area contributed by atoms with Gasteiger partial charge in [-0.1, -0.05) is 49.2 Å². The number of aliphatic imine (C=N–C) groups is 2. The van der Waals surface area contributed by atoms with Crippen LogP contribution in [0.25, 0.3) is 0 Å². The van der Waals surface area contributed by atoms with Crippen LogP contribution in [-0.2, 0) is 57.1 Å². The van der Waals surface area contributed by atoms with Crippen LogP contribution in [0.1, 0.15) is 49.8 Å². The molecule has 45 heavy (non-hydrogen) atoms. The van der Waals surface area contributed by atoms with Gasteiger partial charge in [-0.25, -0.2) is 0 Å². The molecule has 0 saturated heterocycles. The zero-order chi connectivity index (χ0) is 33.6. The van der Waals surface area contributed by atoms with Crippen LogP contribution < -0.4 is 20.4 Å². The predicted molar refractivity (Wildman–Crippen MR) is 146 cm³/mol. The Hall–Kier alpha value is -4.11. The first-order valence-electron chi connectivity index (χ1n) is 13.1. The van der Waals surface area contributed by atoms with Crippen LogP contribution in [0.2, 0.25) is 0 Å². The van der Waals surface area contributed by atoms with Crippen LogP contribution in [0, 0.1) is 25.4 Å². The fourth-order valence-electron chi connectivity index (χ4n) is 3.61. The van der Waals surface area contributed by atoms with Crippen LogP contribution in [-0.4, -0.2) is 59.4 Å². The molecule has 0 fully saturated rings. The van der Waals surface area contributed by atoms with Crippen molar-refractivity contribution in [3.8, 4) is 0 Å². The van der Waals surface area contributed by atoms with Crippen molar-refractivity contribution in [1.29, 1.82) is 5.41 Å². The average Bonchev–Trinajstić information content (AvgIpc) is 3.05. The van der Waals surface area contributed by atoms with Crippen LogP contribution in [0.5, 0.6) is 0 Å². The van der Waals surface area contributed by atoms with Gasteiger partial charge in [-0.2, -0.15) is 0 Å². The Morgan fingerprint density at radius 3 is 2.13 bits per heavy atom. The number of ether oxygens (including phenoxy) is 1. The van der Waals surface area contributed by atoms with Crippen molar-refractivity contribution >= 4 is 23.8 Å². The Balaban J connectivity index is -0.00000237. The van der Waals surface area contributed by atoms with Crippen LogP contribution >= 0.6 is 0 Å². The summed E-state index contributed by atoms with van der Waals surface area (Å²) in [6, 6.07) is 13.3. The number of nitrogens with zero attached hydrogens (tertiary/aromatic N) is 4. The van der Waals surface area contributed by atoms with Crippen molar-refractivity contribution < 1.29 is 64.3 Å². The second-order valence-electron chi connectivity index (χ2n) is 8.68. The number of carboxylic acid groups (broad SMARTS) is 1. The Morgan fingerprint density at radius 2 is 1.56 bits per heavy atom. The molecule has 1 N–H and O–H groups in total. The minimum absolute atomic E-state index is 0. The molecule has 2 rings (SSSR count). The molecular weight excluding hydrogens is 760 g/mol. The van der Waals surface area contributed by atoms with E-state index < -0.39 is 29.9 Å². The second kappa shape index (κ2) is 31.3. The quantitative estimate of drug-likeness (QED) is 0.0661. The van der Waals surface area contributed by atoms with E-state index in [1.807, 2.05) is 18.2 Å². The molecule has 1 aromatic heterocycles. The summed E-state index contributed by atoms with van der Waals surface area (Å²) in [5.41, 5.74) is 1.55. The number of aliphatic carboxylic acids is 1. The third-order valence-corrected chi connectivity index (χ3v) is 5.51. The number of hydrogen-bond donors (Lipinski definition) is 1. The molecule has 0 aliphatic rings. The molecule has 0 aliphatic heterocycles. The minimum atomic E-state index is -1.17. The van der Waals surface area contributed by atoms with Crippen LogP contribution in [0.4, 0.5) is 0 Å². The summed E-state index contributed by atoms with van der Waals surface area (Å²) < 4.78 is 27.6. The Morgan fingerprint density at radius 1 is 0.933 bits per heavy atom. The predicted octanol–water partition coefficient (Wildman–Crippen LogP) is -0.743. The maximum atomic E-state index is 12.5. The summed E-state index contributed by atoms with van der Waals surface area (Å²) in [5, 5.41) is 53.8. The van der Waals surface area contributed by atoms with E-state index in [1.54, 1.807) is 41.4 Å². The SMILES string of the molecule is N=C([O-])CCC(N=C([O-])OCc1ccccc1)C([O-])=NCCCCCCN(CC(=O)[O-])Cc1ccccn1.[186Re].[C-]#[O+].[C-]#[O+].[C-]#[O+]. The molecule has 1 heterocycles. The van der Waals surface area contributed by atoms with Crippen molar-refractivity contribution in [2.24, 2.45) is 9.98 Å². The van der Waals surface area contributed by atoms with Gasteiger partial charge in [-0.3, -0.25) is 14.9 Å². The molecule has 15 heteroatoms. The summed E-state index contributed by atoms with van der Waals surface area (Å²) in [6.45, 7) is 14.5. The van der Waals surface area contributed by atoms with Gasteiger partial charge in [0.1, 0.15) is 6.08 Å². The number of carboxylic acids is 1. The number of pyridine rings is 1. The van der Waals surface area contributed by atoms with Crippen LogP contribution in [0.15, 0.2) is 64.7 Å². The van der Waals surface area contributed by atoms with E-state index in [0.717, 1.165) is 30.5 Å². The normalized spacial score (nSPS) is 11.0. The third-order valence-electron chi connectivity index (χ3n) is 5.51. The van der Waals surface area contributed by atoms with E-state index in [9.17, 15) is 25.2 Å². The molecule has 14 nitrogen and oxygen atoms in total. The van der Waals surface area contributed by atoms with E-state index in [-0.39, 0.29) is 53.0 Å². The summed E-state index contributed by atoms with van der Waals surface area (Å²) >= 11 is 0.